The second kappa shape index (κ2) is 7.02. The van der Waals surface area contributed by atoms with E-state index in [1.165, 1.54) is 35.8 Å². The molecule has 0 spiro atoms. The summed E-state index contributed by atoms with van der Waals surface area (Å²) in [6, 6.07) is 2.24. The summed E-state index contributed by atoms with van der Waals surface area (Å²) in [5, 5.41) is 10.0. The largest absolute Gasteiger partial charge is 0.303 e. The van der Waals surface area contributed by atoms with Crippen LogP contribution in [0.3, 0.4) is 0 Å². The monoisotopic (exact) mass is 277 g/mol. The maximum Gasteiger partial charge on any atom is 0.0944 e. The number of nitrogens with zero attached hydrogens (tertiary/aromatic N) is 3. The van der Waals surface area contributed by atoms with Crippen LogP contribution in [0.4, 0.5) is 0 Å². The predicted octanol–water partition coefficient (Wildman–Crippen LogP) is 3.05. The molecule has 1 aliphatic heterocycles. The zero-order chi connectivity index (χ0) is 13.7. The standard InChI is InChI=1S/C15H23N3S/c1-3-13-14(6-8-16)19-15(17-13)7-10-18-9-4-5-12(2)11-18/h12H,3-7,9-11H2,1-2H3. The zero-order valence-electron chi connectivity index (χ0n) is 12.0. The van der Waals surface area contributed by atoms with Gasteiger partial charge in [-0.15, -0.1) is 11.3 Å². The van der Waals surface area contributed by atoms with E-state index in [4.69, 9.17) is 10.2 Å². The van der Waals surface area contributed by atoms with Crippen LogP contribution in [-0.2, 0) is 19.3 Å². The first-order valence-electron chi connectivity index (χ1n) is 7.29. The normalized spacial score (nSPS) is 20.4. The van der Waals surface area contributed by atoms with Gasteiger partial charge in [0, 0.05) is 24.4 Å². The first-order chi connectivity index (χ1) is 9.22. The summed E-state index contributed by atoms with van der Waals surface area (Å²) in [5.41, 5.74) is 1.13. The molecule has 1 aliphatic rings. The SMILES string of the molecule is CCc1nc(CCN2CCCC(C)C2)sc1CC#N. The minimum Gasteiger partial charge on any atom is -0.303 e. The van der Waals surface area contributed by atoms with Crippen molar-refractivity contribution in [2.45, 2.75) is 46.0 Å². The Morgan fingerprint density at radius 2 is 2.37 bits per heavy atom. The van der Waals surface area contributed by atoms with Crippen molar-refractivity contribution in [3.8, 4) is 6.07 Å². The molecule has 1 unspecified atom stereocenters. The summed E-state index contributed by atoms with van der Waals surface area (Å²) < 4.78 is 0. The number of nitriles is 1. The lowest BCUT2D eigenvalue weighted by atomic mass is 10.0. The molecule has 104 valence electrons. The first kappa shape index (κ1) is 14.5. The van der Waals surface area contributed by atoms with Gasteiger partial charge in [0.2, 0.25) is 0 Å². The van der Waals surface area contributed by atoms with Crippen LogP contribution in [0, 0.1) is 17.2 Å². The van der Waals surface area contributed by atoms with Crippen molar-refractivity contribution in [1.29, 1.82) is 5.26 Å². The molecule has 1 atom stereocenters. The molecule has 1 aromatic heterocycles. The van der Waals surface area contributed by atoms with E-state index in [0.717, 1.165) is 31.0 Å². The highest BCUT2D eigenvalue weighted by Gasteiger charge is 2.17. The molecule has 0 saturated carbocycles. The third kappa shape index (κ3) is 4.02. The first-order valence-corrected chi connectivity index (χ1v) is 8.11. The Labute approximate surface area is 120 Å². The molecule has 0 amide bonds. The van der Waals surface area contributed by atoms with Crippen molar-refractivity contribution >= 4 is 11.3 Å². The summed E-state index contributed by atoms with van der Waals surface area (Å²) in [5.74, 6) is 0.838. The van der Waals surface area contributed by atoms with Gasteiger partial charge in [-0.1, -0.05) is 13.8 Å². The van der Waals surface area contributed by atoms with Crippen molar-refractivity contribution in [3.05, 3.63) is 15.6 Å². The molecular weight excluding hydrogens is 254 g/mol. The lowest BCUT2D eigenvalue weighted by Gasteiger charge is -2.30. The molecule has 4 heteroatoms. The maximum absolute atomic E-state index is 8.83. The molecule has 1 saturated heterocycles. The lowest BCUT2D eigenvalue weighted by molar-refractivity contribution is 0.186. The second-order valence-electron chi connectivity index (χ2n) is 5.46. The lowest BCUT2D eigenvalue weighted by Crippen LogP contribution is -2.35. The average Bonchev–Trinajstić information content (AvgIpc) is 2.79. The van der Waals surface area contributed by atoms with E-state index < -0.39 is 0 Å². The quantitative estimate of drug-likeness (QED) is 0.830. The van der Waals surface area contributed by atoms with Crippen LogP contribution in [0.2, 0.25) is 0 Å². The Morgan fingerprint density at radius 1 is 1.53 bits per heavy atom. The van der Waals surface area contributed by atoms with Gasteiger partial charge in [-0.25, -0.2) is 4.98 Å². The Kier molecular flexibility index (Phi) is 5.35. The second-order valence-corrected chi connectivity index (χ2v) is 6.63. The molecular formula is C15H23N3S. The van der Waals surface area contributed by atoms with Crippen LogP contribution in [0.25, 0.3) is 0 Å². The van der Waals surface area contributed by atoms with Crippen molar-refractivity contribution in [2.75, 3.05) is 19.6 Å². The average molecular weight is 277 g/mol. The minimum atomic E-state index is 0.515. The van der Waals surface area contributed by atoms with Crippen molar-refractivity contribution in [1.82, 2.24) is 9.88 Å². The van der Waals surface area contributed by atoms with Crippen molar-refractivity contribution < 1.29 is 0 Å². The van der Waals surface area contributed by atoms with E-state index in [9.17, 15) is 0 Å². The predicted molar refractivity (Wildman–Crippen MR) is 79.4 cm³/mol. The summed E-state index contributed by atoms with van der Waals surface area (Å²) in [7, 11) is 0. The molecule has 0 radical (unpaired) electrons. The Bertz CT molecular complexity index is 447. The van der Waals surface area contributed by atoms with Crippen LogP contribution in [0.15, 0.2) is 0 Å². The number of rotatable bonds is 5. The van der Waals surface area contributed by atoms with Crippen LogP contribution in [0.5, 0.6) is 0 Å². The zero-order valence-corrected chi connectivity index (χ0v) is 12.8. The molecule has 1 fully saturated rings. The number of piperidine rings is 1. The van der Waals surface area contributed by atoms with Gasteiger partial charge in [-0.3, -0.25) is 0 Å². The summed E-state index contributed by atoms with van der Waals surface area (Å²) in [4.78, 5) is 8.43. The van der Waals surface area contributed by atoms with Gasteiger partial charge in [0.05, 0.1) is 23.2 Å². The molecule has 2 heterocycles. The molecule has 1 aromatic rings. The van der Waals surface area contributed by atoms with E-state index >= 15 is 0 Å². The van der Waals surface area contributed by atoms with Crippen molar-refractivity contribution in [2.24, 2.45) is 5.92 Å². The topological polar surface area (TPSA) is 39.9 Å². The van der Waals surface area contributed by atoms with E-state index in [0.29, 0.717) is 6.42 Å². The molecule has 3 nitrogen and oxygen atoms in total. The number of hydrogen-bond acceptors (Lipinski definition) is 4. The molecule has 0 N–H and O–H groups in total. The van der Waals surface area contributed by atoms with E-state index in [1.54, 1.807) is 11.3 Å². The van der Waals surface area contributed by atoms with E-state index in [1.807, 2.05) is 0 Å². The van der Waals surface area contributed by atoms with Gasteiger partial charge in [0.1, 0.15) is 0 Å². The molecule has 0 aliphatic carbocycles. The Hall–Kier alpha value is -0.920. The molecule has 0 bridgehead atoms. The number of likely N-dealkylation sites (tertiary alicyclic amines) is 1. The van der Waals surface area contributed by atoms with Gasteiger partial charge < -0.3 is 4.90 Å². The third-order valence-electron chi connectivity index (χ3n) is 3.78. The number of thiazole rings is 1. The maximum atomic E-state index is 8.83. The van der Waals surface area contributed by atoms with E-state index in [-0.39, 0.29) is 0 Å². The highest BCUT2D eigenvalue weighted by Crippen LogP contribution is 2.21. The number of aromatic nitrogens is 1. The van der Waals surface area contributed by atoms with Gasteiger partial charge in [0.15, 0.2) is 0 Å². The highest BCUT2D eigenvalue weighted by atomic mass is 32.1. The number of hydrogen-bond donors (Lipinski definition) is 0. The van der Waals surface area contributed by atoms with Gasteiger partial charge >= 0.3 is 0 Å². The number of aryl methyl sites for hydroxylation is 1. The Morgan fingerprint density at radius 3 is 3.05 bits per heavy atom. The van der Waals surface area contributed by atoms with Crippen LogP contribution in [-0.4, -0.2) is 29.5 Å². The summed E-state index contributed by atoms with van der Waals surface area (Å²) in [6.07, 6.45) is 5.20. The Balaban J connectivity index is 1.90. The van der Waals surface area contributed by atoms with Crippen LogP contribution in [0.1, 0.15) is 42.3 Å². The summed E-state index contributed by atoms with van der Waals surface area (Å²) >= 11 is 1.74. The molecule has 0 aromatic carbocycles. The highest BCUT2D eigenvalue weighted by molar-refractivity contribution is 7.11. The van der Waals surface area contributed by atoms with Crippen LogP contribution < -0.4 is 0 Å². The fourth-order valence-electron chi connectivity index (χ4n) is 2.77. The fraction of sp³-hybridized carbons (Fsp3) is 0.733. The van der Waals surface area contributed by atoms with Crippen LogP contribution >= 0.6 is 11.3 Å². The summed E-state index contributed by atoms with van der Waals surface area (Å²) in [6.45, 7) is 8.05. The van der Waals surface area contributed by atoms with Gasteiger partial charge in [-0.2, -0.15) is 5.26 Å². The van der Waals surface area contributed by atoms with Crippen molar-refractivity contribution in [3.63, 3.8) is 0 Å². The van der Waals surface area contributed by atoms with E-state index in [2.05, 4.69) is 24.8 Å². The molecule has 2 rings (SSSR count). The van der Waals surface area contributed by atoms with Gasteiger partial charge in [-0.05, 0) is 31.7 Å². The van der Waals surface area contributed by atoms with Gasteiger partial charge in [0.25, 0.3) is 0 Å². The fourth-order valence-corrected chi connectivity index (χ4v) is 3.85. The minimum absolute atomic E-state index is 0.515. The third-order valence-corrected chi connectivity index (χ3v) is 4.94. The smallest absolute Gasteiger partial charge is 0.0944 e. The molecule has 19 heavy (non-hydrogen) atoms.